The minimum Gasteiger partial charge on any atom is -0.378 e. The highest BCUT2D eigenvalue weighted by atomic mass is 16.5. The molecule has 0 N–H and O–H groups in total. The SMILES string of the molecule is CC1CN(/C=C(/C#N)C(=O)N2CCOCC2)CC(C)O1. The van der Waals surface area contributed by atoms with E-state index in [1.54, 1.807) is 11.1 Å². The van der Waals surface area contributed by atoms with Gasteiger partial charge >= 0.3 is 0 Å². The fraction of sp³-hybridized carbons (Fsp3) is 0.714. The van der Waals surface area contributed by atoms with Gasteiger partial charge in [0.15, 0.2) is 0 Å². The van der Waals surface area contributed by atoms with Crippen molar-refractivity contribution in [1.82, 2.24) is 9.80 Å². The Kier molecular flexibility index (Phi) is 4.99. The summed E-state index contributed by atoms with van der Waals surface area (Å²) >= 11 is 0. The summed E-state index contributed by atoms with van der Waals surface area (Å²) < 4.78 is 10.9. The first-order chi connectivity index (χ1) is 9.60. The summed E-state index contributed by atoms with van der Waals surface area (Å²) in [6, 6.07) is 2.02. The number of carbonyl (C=O) groups excluding carboxylic acids is 1. The minimum absolute atomic E-state index is 0.105. The fourth-order valence-electron chi connectivity index (χ4n) is 2.57. The Morgan fingerprint density at radius 2 is 1.85 bits per heavy atom. The smallest absolute Gasteiger partial charge is 0.266 e. The third-order valence-corrected chi connectivity index (χ3v) is 3.41. The molecule has 2 atom stereocenters. The first-order valence-electron chi connectivity index (χ1n) is 6.98. The van der Waals surface area contributed by atoms with Gasteiger partial charge in [-0.3, -0.25) is 4.79 Å². The van der Waals surface area contributed by atoms with E-state index in [9.17, 15) is 10.1 Å². The number of rotatable bonds is 2. The van der Waals surface area contributed by atoms with Crippen LogP contribution < -0.4 is 0 Å². The van der Waals surface area contributed by atoms with Crippen molar-refractivity contribution in [1.29, 1.82) is 5.26 Å². The van der Waals surface area contributed by atoms with Crippen molar-refractivity contribution in [3.05, 3.63) is 11.8 Å². The van der Waals surface area contributed by atoms with Crippen molar-refractivity contribution in [2.24, 2.45) is 0 Å². The molecule has 2 aliphatic rings. The number of carbonyl (C=O) groups is 1. The molecule has 6 heteroatoms. The van der Waals surface area contributed by atoms with Gasteiger partial charge in [0.2, 0.25) is 0 Å². The van der Waals surface area contributed by atoms with Crippen LogP contribution in [0.25, 0.3) is 0 Å². The van der Waals surface area contributed by atoms with Crippen LogP contribution in [0.1, 0.15) is 13.8 Å². The van der Waals surface area contributed by atoms with Gasteiger partial charge in [-0.25, -0.2) is 0 Å². The van der Waals surface area contributed by atoms with E-state index in [0.717, 1.165) is 0 Å². The number of morpholine rings is 2. The van der Waals surface area contributed by atoms with E-state index < -0.39 is 0 Å². The van der Waals surface area contributed by atoms with Crippen LogP contribution in [-0.4, -0.2) is 67.3 Å². The van der Waals surface area contributed by atoms with Gasteiger partial charge in [0.1, 0.15) is 11.6 Å². The van der Waals surface area contributed by atoms with Crippen LogP contribution in [0.15, 0.2) is 11.8 Å². The van der Waals surface area contributed by atoms with Crippen LogP contribution in [0.4, 0.5) is 0 Å². The zero-order chi connectivity index (χ0) is 14.5. The van der Waals surface area contributed by atoms with Gasteiger partial charge in [0.25, 0.3) is 5.91 Å². The quantitative estimate of drug-likeness (QED) is 0.539. The van der Waals surface area contributed by atoms with Crippen LogP contribution in [0.5, 0.6) is 0 Å². The highest BCUT2D eigenvalue weighted by molar-refractivity contribution is 5.97. The van der Waals surface area contributed by atoms with E-state index in [-0.39, 0.29) is 23.7 Å². The molecule has 0 aliphatic carbocycles. The molecule has 2 aliphatic heterocycles. The summed E-state index contributed by atoms with van der Waals surface area (Å²) in [5.41, 5.74) is 0.188. The lowest BCUT2D eigenvalue weighted by Crippen LogP contribution is -2.44. The second-order valence-electron chi connectivity index (χ2n) is 5.27. The largest absolute Gasteiger partial charge is 0.378 e. The summed E-state index contributed by atoms with van der Waals surface area (Å²) in [4.78, 5) is 16.0. The highest BCUT2D eigenvalue weighted by Crippen LogP contribution is 2.13. The summed E-state index contributed by atoms with van der Waals surface area (Å²) in [7, 11) is 0. The predicted molar refractivity (Wildman–Crippen MR) is 72.7 cm³/mol. The van der Waals surface area contributed by atoms with E-state index in [1.165, 1.54) is 0 Å². The van der Waals surface area contributed by atoms with Crippen molar-refractivity contribution in [3.8, 4) is 6.07 Å². The molecule has 6 nitrogen and oxygen atoms in total. The Morgan fingerprint density at radius 1 is 1.25 bits per heavy atom. The Balaban J connectivity index is 2.04. The molecule has 0 aromatic heterocycles. The average molecular weight is 279 g/mol. The first kappa shape index (κ1) is 14.8. The van der Waals surface area contributed by atoms with Crippen molar-refractivity contribution in [2.45, 2.75) is 26.1 Å². The minimum atomic E-state index is -0.206. The molecular formula is C14H21N3O3. The van der Waals surface area contributed by atoms with E-state index in [0.29, 0.717) is 39.4 Å². The zero-order valence-electron chi connectivity index (χ0n) is 12.0. The molecule has 2 unspecified atom stereocenters. The van der Waals surface area contributed by atoms with Crippen molar-refractivity contribution < 1.29 is 14.3 Å². The van der Waals surface area contributed by atoms with Crippen molar-refractivity contribution >= 4 is 5.91 Å². The molecule has 0 spiro atoms. The second kappa shape index (κ2) is 6.73. The fourth-order valence-corrected chi connectivity index (χ4v) is 2.57. The second-order valence-corrected chi connectivity index (χ2v) is 5.27. The van der Waals surface area contributed by atoms with Gasteiger partial charge < -0.3 is 19.3 Å². The summed E-state index contributed by atoms with van der Waals surface area (Å²) in [5, 5.41) is 9.23. The van der Waals surface area contributed by atoms with E-state index in [4.69, 9.17) is 9.47 Å². The molecule has 2 fully saturated rings. The van der Waals surface area contributed by atoms with Gasteiger partial charge in [-0.15, -0.1) is 0 Å². The molecule has 0 aromatic rings. The number of hydrogen-bond donors (Lipinski definition) is 0. The third kappa shape index (κ3) is 3.71. The lowest BCUT2D eigenvalue weighted by molar-refractivity contribution is -0.130. The molecule has 0 radical (unpaired) electrons. The third-order valence-electron chi connectivity index (χ3n) is 3.41. The number of hydrogen-bond acceptors (Lipinski definition) is 5. The Bertz CT molecular complexity index is 414. The van der Waals surface area contributed by atoms with E-state index >= 15 is 0 Å². The average Bonchev–Trinajstić information content (AvgIpc) is 2.44. The van der Waals surface area contributed by atoms with Crippen LogP contribution in [-0.2, 0) is 14.3 Å². The predicted octanol–water partition coefficient (Wildman–Crippen LogP) is 0.362. The summed E-state index contributed by atoms with van der Waals surface area (Å²) in [5.74, 6) is -0.206. The maximum atomic E-state index is 12.3. The number of ether oxygens (including phenoxy) is 2. The molecule has 20 heavy (non-hydrogen) atoms. The molecule has 2 heterocycles. The molecule has 2 rings (SSSR count). The van der Waals surface area contributed by atoms with Gasteiger partial charge in [-0.1, -0.05) is 0 Å². The topological polar surface area (TPSA) is 65.8 Å². The maximum absolute atomic E-state index is 12.3. The zero-order valence-corrected chi connectivity index (χ0v) is 12.0. The Hall–Kier alpha value is -1.58. The van der Waals surface area contributed by atoms with Crippen molar-refractivity contribution in [2.75, 3.05) is 39.4 Å². The van der Waals surface area contributed by atoms with Crippen LogP contribution >= 0.6 is 0 Å². The number of nitriles is 1. The molecule has 0 bridgehead atoms. The molecular weight excluding hydrogens is 258 g/mol. The van der Waals surface area contributed by atoms with Gasteiger partial charge in [-0.05, 0) is 13.8 Å². The maximum Gasteiger partial charge on any atom is 0.266 e. The van der Waals surface area contributed by atoms with E-state index in [1.807, 2.05) is 24.8 Å². The summed E-state index contributed by atoms with van der Waals surface area (Å²) in [6.07, 6.45) is 1.88. The van der Waals surface area contributed by atoms with Crippen molar-refractivity contribution in [3.63, 3.8) is 0 Å². The molecule has 2 saturated heterocycles. The van der Waals surface area contributed by atoms with Gasteiger partial charge in [-0.2, -0.15) is 5.26 Å². The van der Waals surface area contributed by atoms with E-state index in [2.05, 4.69) is 0 Å². The molecule has 110 valence electrons. The van der Waals surface area contributed by atoms with Gasteiger partial charge in [0.05, 0.1) is 25.4 Å². The number of amides is 1. The van der Waals surface area contributed by atoms with Crippen LogP contribution in [0.2, 0.25) is 0 Å². The molecule has 0 saturated carbocycles. The van der Waals surface area contributed by atoms with Crippen LogP contribution in [0.3, 0.4) is 0 Å². The van der Waals surface area contributed by atoms with Gasteiger partial charge in [0, 0.05) is 32.4 Å². The lowest BCUT2D eigenvalue weighted by atomic mass is 10.2. The highest BCUT2D eigenvalue weighted by Gasteiger charge is 2.24. The Morgan fingerprint density at radius 3 is 2.40 bits per heavy atom. The molecule has 0 aromatic carbocycles. The lowest BCUT2D eigenvalue weighted by Gasteiger charge is -2.35. The standard InChI is InChI=1S/C14H21N3O3/c1-11-8-16(9-12(2)20-11)10-13(7-15)14(18)17-3-5-19-6-4-17/h10-12H,3-6,8-9H2,1-2H3/b13-10-. The summed E-state index contributed by atoms with van der Waals surface area (Å²) in [6.45, 7) is 7.56. The monoisotopic (exact) mass is 279 g/mol. The first-order valence-corrected chi connectivity index (χ1v) is 6.98. The normalized spacial score (nSPS) is 28.1. The Labute approximate surface area is 119 Å². The van der Waals surface area contributed by atoms with Crippen LogP contribution in [0, 0.1) is 11.3 Å². The number of nitrogens with zero attached hydrogens (tertiary/aromatic N) is 3. The molecule has 1 amide bonds.